The Kier molecular flexibility index (Phi) is 3.47. The highest BCUT2D eigenvalue weighted by atomic mass is 16.1. The van der Waals surface area contributed by atoms with Crippen molar-refractivity contribution >= 4 is 16.8 Å². The molecule has 1 heterocycles. The summed E-state index contributed by atoms with van der Waals surface area (Å²) in [4.78, 5) is 20.8. The SMILES string of the molecule is CCC(CC)C(=O)c1cnc2ccccc2n1. The number of ketones is 1. The van der Waals surface area contributed by atoms with E-state index in [0.29, 0.717) is 5.69 Å². The fourth-order valence-electron chi connectivity index (χ4n) is 1.94. The smallest absolute Gasteiger partial charge is 0.185 e. The zero-order valence-electron chi connectivity index (χ0n) is 10.2. The molecule has 1 aromatic carbocycles. The van der Waals surface area contributed by atoms with Crippen LogP contribution in [0.2, 0.25) is 0 Å². The van der Waals surface area contributed by atoms with Gasteiger partial charge in [-0.25, -0.2) is 4.98 Å². The second-order valence-electron chi connectivity index (χ2n) is 4.12. The van der Waals surface area contributed by atoms with Crippen LogP contribution in [0.5, 0.6) is 0 Å². The van der Waals surface area contributed by atoms with Crippen molar-refractivity contribution in [3.63, 3.8) is 0 Å². The number of Topliss-reactive ketones (excluding diaryl/α,β-unsaturated/α-hetero) is 1. The van der Waals surface area contributed by atoms with Crippen molar-refractivity contribution in [2.24, 2.45) is 5.92 Å². The Hall–Kier alpha value is -1.77. The van der Waals surface area contributed by atoms with Crippen LogP contribution in [0.15, 0.2) is 30.5 Å². The number of para-hydroxylation sites is 2. The summed E-state index contributed by atoms with van der Waals surface area (Å²) < 4.78 is 0. The average Bonchev–Trinajstić information content (AvgIpc) is 2.39. The highest BCUT2D eigenvalue weighted by molar-refractivity contribution is 5.97. The number of benzene rings is 1. The van der Waals surface area contributed by atoms with Gasteiger partial charge in [0.25, 0.3) is 0 Å². The molecule has 2 rings (SSSR count). The summed E-state index contributed by atoms with van der Waals surface area (Å²) in [6.07, 6.45) is 3.29. The van der Waals surface area contributed by atoms with E-state index >= 15 is 0 Å². The first-order chi connectivity index (χ1) is 8.26. The van der Waals surface area contributed by atoms with Crippen LogP contribution in [0.4, 0.5) is 0 Å². The van der Waals surface area contributed by atoms with Crippen molar-refractivity contribution in [1.29, 1.82) is 0 Å². The number of fused-ring (bicyclic) bond motifs is 1. The zero-order valence-corrected chi connectivity index (χ0v) is 10.2. The van der Waals surface area contributed by atoms with Gasteiger partial charge in [0.2, 0.25) is 0 Å². The zero-order chi connectivity index (χ0) is 12.3. The van der Waals surface area contributed by atoms with Gasteiger partial charge in [0, 0.05) is 5.92 Å². The normalized spacial score (nSPS) is 11.0. The molecule has 3 nitrogen and oxygen atoms in total. The summed E-state index contributed by atoms with van der Waals surface area (Å²) in [7, 11) is 0. The van der Waals surface area contributed by atoms with Crippen LogP contribution in [0.1, 0.15) is 37.2 Å². The van der Waals surface area contributed by atoms with Gasteiger partial charge in [0.1, 0.15) is 5.69 Å². The molecule has 0 fully saturated rings. The Morgan fingerprint density at radius 2 is 1.82 bits per heavy atom. The minimum absolute atomic E-state index is 0.0606. The molecule has 0 aliphatic carbocycles. The van der Waals surface area contributed by atoms with Gasteiger partial charge in [-0.05, 0) is 25.0 Å². The number of hydrogen-bond acceptors (Lipinski definition) is 3. The van der Waals surface area contributed by atoms with Crippen LogP contribution in [0.3, 0.4) is 0 Å². The molecule has 0 aliphatic rings. The number of nitrogens with zero attached hydrogens (tertiary/aromatic N) is 2. The molecule has 3 heteroatoms. The van der Waals surface area contributed by atoms with Crippen molar-refractivity contribution in [3.05, 3.63) is 36.2 Å². The van der Waals surface area contributed by atoms with Crippen molar-refractivity contribution in [3.8, 4) is 0 Å². The first-order valence-electron chi connectivity index (χ1n) is 6.02. The van der Waals surface area contributed by atoms with E-state index in [-0.39, 0.29) is 11.7 Å². The third-order valence-corrected chi connectivity index (χ3v) is 3.06. The van der Waals surface area contributed by atoms with E-state index in [9.17, 15) is 4.79 Å². The van der Waals surface area contributed by atoms with E-state index < -0.39 is 0 Å². The van der Waals surface area contributed by atoms with E-state index in [4.69, 9.17) is 0 Å². The van der Waals surface area contributed by atoms with E-state index in [0.717, 1.165) is 23.9 Å². The molecule has 1 aromatic heterocycles. The highest BCUT2D eigenvalue weighted by Gasteiger charge is 2.18. The lowest BCUT2D eigenvalue weighted by Gasteiger charge is -2.10. The first kappa shape index (κ1) is 11.7. The molecule has 0 amide bonds. The second kappa shape index (κ2) is 5.04. The van der Waals surface area contributed by atoms with Gasteiger partial charge < -0.3 is 0 Å². The Bertz CT molecular complexity index is 532. The minimum atomic E-state index is 0.0606. The topological polar surface area (TPSA) is 42.9 Å². The van der Waals surface area contributed by atoms with Gasteiger partial charge in [-0.2, -0.15) is 0 Å². The minimum Gasteiger partial charge on any atom is -0.292 e. The third-order valence-electron chi connectivity index (χ3n) is 3.06. The second-order valence-corrected chi connectivity index (χ2v) is 4.12. The molecule has 0 saturated carbocycles. The third kappa shape index (κ3) is 2.33. The van der Waals surface area contributed by atoms with Crippen LogP contribution < -0.4 is 0 Å². The maximum atomic E-state index is 12.1. The van der Waals surface area contributed by atoms with Crippen molar-refractivity contribution in [1.82, 2.24) is 9.97 Å². The van der Waals surface area contributed by atoms with Crippen LogP contribution in [-0.4, -0.2) is 15.8 Å². The molecule has 0 N–H and O–H groups in total. The average molecular weight is 228 g/mol. The van der Waals surface area contributed by atoms with Crippen LogP contribution >= 0.6 is 0 Å². The fourth-order valence-corrected chi connectivity index (χ4v) is 1.94. The van der Waals surface area contributed by atoms with Gasteiger partial charge in [-0.1, -0.05) is 26.0 Å². The lowest BCUT2D eigenvalue weighted by molar-refractivity contribution is 0.0908. The predicted molar refractivity (Wildman–Crippen MR) is 67.9 cm³/mol. The molecule has 0 bridgehead atoms. The van der Waals surface area contributed by atoms with E-state index in [1.165, 1.54) is 0 Å². The summed E-state index contributed by atoms with van der Waals surface area (Å²) in [5.41, 5.74) is 2.09. The molecule has 2 aromatic rings. The number of aromatic nitrogens is 2. The van der Waals surface area contributed by atoms with Gasteiger partial charge in [0.15, 0.2) is 5.78 Å². The Morgan fingerprint density at radius 1 is 1.18 bits per heavy atom. The van der Waals surface area contributed by atoms with Gasteiger partial charge in [-0.15, -0.1) is 0 Å². The predicted octanol–water partition coefficient (Wildman–Crippen LogP) is 3.25. The largest absolute Gasteiger partial charge is 0.292 e. The summed E-state index contributed by atoms with van der Waals surface area (Å²) in [5, 5.41) is 0. The summed E-state index contributed by atoms with van der Waals surface area (Å²) in [5.74, 6) is 0.165. The molecule has 0 aliphatic heterocycles. The van der Waals surface area contributed by atoms with Crippen molar-refractivity contribution < 1.29 is 4.79 Å². The van der Waals surface area contributed by atoms with Crippen molar-refractivity contribution in [2.45, 2.75) is 26.7 Å². The number of carbonyl (C=O) groups is 1. The maximum absolute atomic E-state index is 12.1. The lowest BCUT2D eigenvalue weighted by atomic mass is 9.96. The van der Waals surface area contributed by atoms with E-state index in [2.05, 4.69) is 9.97 Å². The molecule has 0 radical (unpaired) electrons. The molecule has 0 unspecified atom stereocenters. The molecule has 0 saturated heterocycles. The van der Waals surface area contributed by atoms with E-state index in [1.807, 2.05) is 38.1 Å². The number of rotatable bonds is 4. The van der Waals surface area contributed by atoms with Gasteiger partial charge in [0.05, 0.1) is 17.2 Å². The Morgan fingerprint density at radius 3 is 2.47 bits per heavy atom. The summed E-state index contributed by atoms with van der Waals surface area (Å²) >= 11 is 0. The Balaban J connectivity index is 2.39. The Labute approximate surface area is 101 Å². The monoisotopic (exact) mass is 228 g/mol. The van der Waals surface area contributed by atoms with Gasteiger partial charge in [-0.3, -0.25) is 9.78 Å². The molecule has 17 heavy (non-hydrogen) atoms. The van der Waals surface area contributed by atoms with Crippen LogP contribution in [0, 0.1) is 5.92 Å². The molecule has 88 valence electrons. The van der Waals surface area contributed by atoms with Crippen molar-refractivity contribution in [2.75, 3.05) is 0 Å². The quantitative estimate of drug-likeness (QED) is 0.754. The molecule has 0 spiro atoms. The maximum Gasteiger partial charge on any atom is 0.185 e. The molecular weight excluding hydrogens is 212 g/mol. The standard InChI is InChI=1S/C14H16N2O/c1-3-10(4-2)14(17)13-9-15-11-7-5-6-8-12(11)16-13/h5-10H,3-4H2,1-2H3. The fraction of sp³-hybridized carbons (Fsp3) is 0.357. The number of hydrogen-bond donors (Lipinski definition) is 0. The van der Waals surface area contributed by atoms with E-state index in [1.54, 1.807) is 6.20 Å². The van der Waals surface area contributed by atoms with Crippen LogP contribution in [-0.2, 0) is 0 Å². The summed E-state index contributed by atoms with van der Waals surface area (Å²) in [6, 6.07) is 7.60. The molecule has 0 atom stereocenters. The lowest BCUT2D eigenvalue weighted by Crippen LogP contribution is -2.14. The first-order valence-corrected chi connectivity index (χ1v) is 6.02. The van der Waals surface area contributed by atoms with Gasteiger partial charge >= 0.3 is 0 Å². The number of carbonyl (C=O) groups excluding carboxylic acids is 1. The highest BCUT2D eigenvalue weighted by Crippen LogP contribution is 2.16. The molecular formula is C14H16N2O. The van der Waals surface area contributed by atoms with Crippen LogP contribution in [0.25, 0.3) is 11.0 Å². The summed E-state index contributed by atoms with van der Waals surface area (Å²) in [6.45, 7) is 4.06.